The number of likely N-dealkylation sites (tertiary alicyclic amines) is 1. The first-order valence-electron chi connectivity index (χ1n) is 12.8. The van der Waals surface area contributed by atoms with Crippen molar-refractivity contribution < 1.29 is 14.7 Å². The number of aliphatic hydroxyl groups excluding tert-OH is 1. The van der Waals surface area contributed by atoms with Crippen LogP contribution >= 0.6 is 0 Å². The van der Waals surface area contributed by atoms with Crippen molar-refractivity contribution in [3.05, 3.63) is 53.1 Å². The highest BCUT2D eigenvalue weighted by molar-refractivity contribution is 5.92. The zero-order valence-corrected chi connectivity index (χ0v) is 20.1. The van der Waals surface area contributed by atoms with Crippen molar-refractivity contribution in [1.82, 2.24) is 30.0 Å². The molecule has 2 saturated heterocycles. The summed E-state index contributed by atoms with van der Waals surface area (Å²) in [6.45, 7) is 6.79. The number of nitrogens with one attached hydrogen (secondary N) is 2. The molecule has 6 rings (SSSR count). The molecule has 35 heavy (non-hydrogen) atoms. The highest BCUT2D eigenvalue weighted by Gasteiger charge is 2.50. The lowest BCUT2D eigenvalue weighted by molar-refractivity contribution is -0.152. The molecule has 1 aromatic heterocycles. The molecule has 186 valence electrons. The summed E-state index contributed by atoms with van der Waals surface area (Å²) in [5, 5.41) is 16.7. The zero-order chi connectivity index (χ0) is 24.0. The summed E-state index contributed by atoms with van der Waals surface area (Å²) in [6.07, 6.45) is 3.56. The van der Waals surface area contributed by atoms with E-state index in [-0.39, 0.29) is 24.3 Å². The topological polar surface area (TPSA) is 103 Å². The first-order chi connectivity index (χ1) is 17.0. The van der Waals surface area contributed by atoms with Crippen molar-refractivity contribution in [2.24, 2.45) is 11.3 Å². The summed E-state index contributed by atoms with van der Waals surface area (Å²) < 4.78 is 1.96. The van der Waals surface area contributed by atoms with Gasteiger partial charge in [-0.3, -0.25) is 14.5 Å². The van der Waals surface area contributed by atoms with Crippen LogP contribution in [0.1, 0.15) is 33.9 Å². The molecule has 2 amide bonds. The SMILES string of the molecule is O=C(NCC(O)CN1CCc2ccccc2C1)c1cn2c(n1)CCC(C(=O)N1CC3(CNC3)C1)C2. The Balaban J connectivity index is 0.983. The second kappa shape index (κ2) is 9.04. The van der Waals surface area contributed by atoms with Gasteiger partial charge in [-0.2, -0.15) is 0 Å². The number of carbonyl (C=O) groups excluding carboxylic acids is 2. The summed E-state index contributed by atoms with van der Waals surface area (Å²) in [4.78, 5) is 34.4. The third kappa shape index (κ3) is 4.48. The number of aliphatic hydroxyl groups is 1. The minimum absolute atomic E-state index is 0.0468. The monoisotopic (exact) mass is 478 g/mol. The number of benzene rings is 1. The van der Waals surface area contributed by atoms with Gasteiger partial charge < -0.3 is 25.2 Å². The van der Waals surface area contributed by atoms with Crippen LogP contribution in [0.2, 0.25) is 0 Å². The normalized spacial score (nSPS) is 23.6. The van der Waals surface area contributed by atoms with Crippen molar-refractivity contribution >= 4 is 11.8 Å². The van der Waals surface area contributed by atoms with Crippen LogP contribution in [0.5, 0.6) is 0 Å². The third-order valence-corrected chi connectivity index (χ3v) is 8.12. The van der Waals surface area contributed by atoms with Gasteiger partial charge in [0.15, 0.2) is 0 Å². The van der Waals surface area contributed by atoms with E-state index in [1.165, 1.54) is 11.1 Å². The number of hydrogen-bond acceptors (Lipinski definition) is 6. The van der Waals surface area contributed by atoms with E-state index in [1.807, 2.05) is 9.47 Å². The van der Waals surface area contributed by atoms with Crippen LogP contribution < -0.4 is 10.6 Å². The number of aryl methyl sites for hydroxylation is 1. The first kappa shape index (κ1) is 22.7. The van der Waals surface area contributed by atoms with Gasteiger partial charge in [-0.15, -0.1) is 0 Å². The summed E-state index contributed by atoms with van der Waals surface area (Å²) in [6, 6.07) is 8.42. The molecule has 2 atom stereocenters. The number of imidazole rings is 1. The van der Waals surface area contributed by atoms with E-state index in [0.717, 1.165) is 57.9 Å². The van der Waals surface area contributed by atoms with Crippen LogP contribution in [0.15, 0.2) is 30.5 Å². The molecule has 0 radical (unpaired) electrons. The largest absolute Gasteiger partial charge is 0.390 e. The minimum atomic E-state index is -0.644. The van der Waals surface area contributed by atoms with E-state index < -0.39 is 6.10 Å². The zero-order valence-electron chi connectivity index (χ0n) is 20.1. The predicted octanol–water partition coefficient (Wildman–Crippen LogP) is 0.0263. The van der Waals surface area contributed by atoms with E-state index in [1.54, 1.807) is 6.20 Å². The molecule has 4 aliphatic heterocycles. The molecule has 5 heterocycles. The average molecular weight is 479 g/mol. The molecule has 3 N–H and O–H groups in total. The molecule has 0 bridgehead atoms. The van der Waals surface area contributed by atoms with Crippen LogP contribution in [0.4, 0.5) is 0 Å². The summed E-state index contributed by atoms with van der Waals surface area (Å²) in [5.41, 5.74) is 3.38. The summed E-state index contributed by atoms with van der Waals surface area (Å²) in [5.74, 6) is 0.765. The van der Waals surface area contributed by atoms with Gasteiger partial charge in [-0.05, 0) is 24.0 Å². The van der Waals surface area contributed by atoms with Crippen LogP contribution in [0.3, 0.4) is 0 Å². The summed E-state index contributed by atoms with van der Waals surface area (Å²) >= 11 is 0. The van der Waals surface area contributed by atoms with E-state index in [2.05, 4.69) is 44.8 Å². The number of fused-ring (bicyclic) bond motifs is 2. The fraction of sp³-hybridized carbons (Fsp3) is 0.577. The Morgan fingerprint density at radius 1 is 1.20 bits per heavy atom. The lowest BCUT2D eigenvalue weighted by Crippen LogP contribution is -2.72. The minimum Gasteiger partial charge on any atom is -0.390 e. The standard InChI is InChI=1S/C26H34N6O3/c33-21(12-30-8-7-18-3-1-2-4-19(18)10-30)9-28-24(34)22-13-31-11-20(5-6-23(31)29-22)25(35)32-16-26(17-32)14-27-15-26/h1-4,13,20-21,27,33H,5-12,14-17H2,(H,28,34). The van der Waals surface area contributed by atoms with E-state index in [9.17, 15) is 14.7 Å². The molecule has 2 fully saturated rings. The van der Waals surface area contributed by atoms with Crippen LogP contribution in [0, 0.1) is 11.3 Å². The fourth-order valence-electron chi connectivity index (χ4n) is 6.01. The molecule has 2 aromatic rings. The smallest absolute Gasteiger partial charge is 0.271 e. The van der Waals surface area contributed by atoms with Crippen molar-refractivity contribution in [1.29, 1.82) is 0 Å². The number of amides is 2. The first-order valence-corrected chi connectivity index (χ1v) is 12.8. The van der Waals surface area contributed by atoms with E-state index in [4.69, 9.17) is 0 Å². The molecule has 2 unspecified atom stereocenters. The highest BCUT2D eigenvalue weighted by atomic mass is 16.3. The van der Waals surface area contributed by atoms with E-state index >= 15 is 0 Å². The van der Waals surface area contributed by atoms with Crippen molar-refractivity contribution in [2.45, 2.75) is 38.5 Å². The molecule has 1 aromatic carbocycles. The second-order valence-electron chi connectivity index (χ2n) is 10.8. The molecule has 9 heteroatoms. The number of hydrogen-bond donors (Lipinski definition) is 3. The van der Waals surface area contributed by atoms with Crippen molar-refractivity contribution in [3.63, 3.8) is 0 Å². The fourth-order valence-corrected chi connectivity index (χ4v) is 6.01. The number of rotatable bonds is 6. The summed E-state index contributed by atoms with van der Waals surface area (Å²) in [7, 11) is 0. The highest BCUT2D eigenvalue weighted by Crippen LogP contribution is 2.36. The van der Waals surface area contributed by atoms with Crippen molar-refractivity contribution in [2.75, 3.05) is 45.8 Å². The van der Waals surface area contributed by atoms with Gasteiger partial charge in [-0.1, -0.05) is 24.3 Å². The van der Waals surface area contributed by atoms with Gasteiger partial charge in [0.25, 0.3) is 5.91 Å². The average Bonchev–Trinajstić information content (AvgIpc) is 3.24. The molecular weight excluding hydrogens is 444 g/mol. The number of nitrogens with zero attached hydrogens (tertiary/aromatic N) is 4. The Bertz CT molecular complexity index is 1120. The number of aromatic nitrogens is 2. The van der Waals surface area contributed by atoms with Crippen LogP contribution in [-0.4, -0.2) is 88.2 Å². The molecule has 1 spiro atoms. The Labute approximate surface area is 205 Å². The number of carbonyl (C=O) groups is 2. The quantitative estimate of drug-likeness (QED) is 0.541. The predicted molar refractivity (Wildman–Crippen MR) is 130 cm³/mol. The van der Waals surface area contributed by atoms with Gasteiger partial charge in [-0.25, -0.2) is 4.98 Å². The maximum atomic E-state index is 12.9. The maximum Gasteiger partial charge on any atom is 0.271 e. The molecule has 0 saturated carbocycles. The lowest BCUT2D eigenvalue weighted by atomic mass is 9.74. The number of β-amino-alcohol motifs (C(OH)–C–C–N with tert-alkyl or cyclic N) is 1. The second-order valence-corrected chi connectivity index (χ2v) is 10.8. The molecule has 9 nitrogen and oxygen atoms in total. The van der Waals surface area contributed by atoms with Crippen LogP contribution in [-0.2, 0) is 30.7 Å². The van der Waals surface area contributed by atoms with Gasteiger partial charge in [0.05, 0.1) is 12.0 Å². The van der Waals surface area contributed by atoms with Crippen LogP contribution in [0.25, 0.3) is 0 Å². The maximum absolute atomic E-state index is 12.9. The lowest BCUT2D eigenvalue weighted by Gasteiger charge is -2.56. The molecule has 0 aliphatic carbocycles. The van der Waals surface area contributed by atoms with Gasteiger partial charge >= 0.3 is 0 Å². The van der Waals surface area contributed by atoms with Gasteiger partial charge in [0, 0.05) is 76.9 Å². The Hall–Kier alpha value is -2.75. The Kier molecular flexibility index (Phi) is 5.86. The molecule has 4 aliphatic rings. The van der Waals surface area contributed by atoms with Crippen molar-refractivity contribution in [3.8, 4) is 0 Å². The Morgan fingerprint density at radius 3 is 2.77 bits per heavy atom. The Morgan fingerprint density at radius 2 is 2.00 bits per heavy atom. The van der Waals surface area contributed by atoms with E-state index in [0.29, 0.717) is 30.6 Å². The molecular formula is C26H34N6O3. The van der Waals surface area contributed by atoms with Gasteiger partial charge in [0.2, 0.25) is 5.91 Å². The third-order valence-electron chi connectivity index (χ3n) is 8.12. The van der Waals surface area contributed by atoms with Gasteiger partial charge in [0.1, 0.15) is 11.5 Å².